The van der Waals surface area contributed by atoms with E-state index in [9.17, 15) is 0 Å². The summed E-state index contributed by atoms with van der Waals surface area (Å²) in [7, 11) is 0. The zero-order valence-electron chi connectivity index (χ0n) is 8.47. The Morgan fingerprint density at radius 1 is 0.812 bits per heavy atom. The minimum Gasteiger partial charge on any atom is -0.188 e. The summed E-state index contributed by atoms with van der Waals surface area (Å²) in [5.41, 5.74) is 1.49. The molecule has 0 fully saturated rings. The van der Waals surface area contributed by atoms with Gasteiger partial charge in [-0.15, -0.1) is 0 Å². The molecule has 0 atom stereocenters. The van der Waals surface area contributed by atoms with Gasteiger partial charge in [-0.05, 0) is 24.3 Å². The van der Waals surface area contributed by atoms with Crippen LogP contribution < -0.4 is 0 Å². The van der Waals surface area contributed by atoms with Gasteiger partial charge in [0, 0.05) is 0 Å². The zero-order chi connectivity index (χ0) is 11.2. The second-order valence-corrected chi connectivity index (χ2v) is 3.52. The molecule has 0 N–H and O–H groups in total. The van der Waals surface area contributed by atoms with Crippen LogP contribution in [-0.4, -0.2) is 6.01 Å². The standard InChI is InChI=1S/C13H9ClN2/c14-12-8-4-5-9-13(12)16-10-15-11-6-2-1-3-7-11/h1-9H. The molecule has 2 rings (SSSR count). The van der Waals surface area contributed by atoms with Crippen molar-refractivity contribution in [3.63, 3.8) is 0 Å². The third-order valence-corrected chi connectivity index (χ3v) is 2.28. The van der Waals surface area contributed by atoms with Gasteiger partial charge >= 0.3 is 0 Å². The molecule has 2 nitrogen and oxygen atoms in total. The van der Waals surface area contributed by atoms with Crippen LogP contribution in [0.2, 0.25) is 5.02 Å². The van der Waals surface area contributed by atoms with Gasteiger partial charge in [0.1, 0.15) is 6.01 Å². The predicted molar refractivity (Wildman–Crippen MR) is 67.1 cm³/mol. The summed E-state index contributed by atoms with van der Waals surface area (Å²) in [6, 6.07) is 19.5. The molecule has 0 amide bonds. The van der Waals surface area contributed by atoms with Gasteiger partial charge in [0.05, 0.1) is 16.4 Å². The quantitative estimate of drug-likeness (QED) is 0.678. The lowest BCUT2D eigenvalue weighted by Gasteiger charge is -1.92. The molecular weight excluding hydrogens is 220 g/mol. The van der Waals surface area contributed by atoms with Gasteiger partial charge in [-0.2, -0.15) is 9.98 Å². The zero-order valence-corrected chi connectivity index (χ0v) is 9.22. The molecule has 0 aliphatic rings. The van der Waals surface area contributed by atoms with E-state index in [4.69, 9.17) is 11.6 Å². The third kappa shape index (κ3) is 2.80. The molecule has 3 heteroatoms. The summed E-state index contributed by atoms with van der Waals surface area (Å²) in [4.78, 5) is 8.12. The lowest BCUT2D eigenvalue weighted by molar-refractivity contribution is 1.49. The highest BCUT2D eigenvalue weighted by molar-refractivity contribution is 6.33. The van der Waals surface area contributed by atoms with Crippen LogP contribution in [0.4, 0.5) is 11.4 Å². The van der Waals surface area contributed by atoms with Gasteiger partial charge in [-0.3, -0.25) is 0 Å². The number of benzene rings is 2. The van der Waals surface area contributed by atoms with Crippen molar-refractivity contribution in [2.45, 2.75) is 0 Å². The third-order valence-electron chi connectivity index (χ3n) is 1.96. The van der Waals surface area contributed by atoms with Crippen LogP contribution in [-0.2, 0) is 0 Å². The van der Waals surface area contributed by atoms with E-state index in [1.807, 2.05) is 48.5 Å². The van der Waals surface area contributed by atoms with Crippen molar-refractivity contribution in [2.75, 3.05) is 0 Å². The molecule has 2 aromatic carbocycles. The van der Waals surface area contributed by atoms with Gasteiger partial charge in [0.25, 0.3) is 0 Å². The van der Waals surface area contributed by atoms with E-state index in [1.165, 1.54) is 0 Å². The minimum atomic E-state index is 0.596. The first-order valence-electron chi connectivity index (χ1n) is 4.82. The Morgan fingerprint density at radius 2 is 1.50 bits per heavy atom. The van der Waals surface area contributed by atoms with Crippen LogP contribution in [0.5, 0.6) is 0 Å². The Balaban J connectivity index is 2.22. The van der Waals surface area contributed by atoms with Crippen LogP contribution in [0, 0.1) is 0 Å². The summed E-state index contributed by atoms with van der Waals surface area (Å²) in [5.74, 6) is 0. The Labute approximate surface area is 98.9 Å². The second-order valence-electron chi connectivity index (χ2n) is 3.11. The molecule has 2 aromatic rings. The monoisotopic (exact) mass is 228 g/mol. The van der Waals surface area contributed by atoms with E-state index in [-0.39, 0.29) is 0 Å². The van der Waals surface area contributed by atoms with Crippen molar-refractivity contribution < 1.29 is 0 Å². The van der Waals surface area contributed by atoms with Crippen molar-refractivity contribution in [1.29, 1.82) is 0 Å². The molecule has 16 heavy (non-hydrogen) atoms. The van der Waals surface area contributed by atoms with Crippen molar-refractivity contribution in [2.24, 2.45) is 9.98 Å². The molecule has 0 aliphatic heterocycles. The van der Waals surface area contributed by atoms with Crippen LogP contribution in [0.15, 0.2) is 64.6 Å². The van der Waals surface area contributed by atoms with Crippen LogP contribution in [0.1, 0.15) is 0 Å². The molecular formula is C13H9ClN2. The highest BCUT2D eigenvalue weighted by Gasteiger charge is 1.93. The molecule has 0 bridgehead atoms. The smallest absolute Gasteiger partial charge is 0.101 e. The fraction of sp³-hybridized carbons (Fsp3) is 0. The summed E-state index contributed by atoms with van der Waals surface area (Å²) in [6.07, 6.45) is 0. The molecule has 0 spiro atoms. The molecule has 0 heterocycles. The summed E-state index contributed by atoms with van der Waals surface area (Å²) in [5, 5.41) is 0.596. The van der Waals surface area contributed by atoms with Crippen molar-refractivity contribution >= 4 is 29.0 Å². The first-order valence-corrected chi connectivity index (χ1v) is 5.20. The lowest BCUT2D eigenvalue weighted by Crippen LogP contribution is -1.66. The molecule has 0 saturated carbocycles. The summed E-state index contributed by atoms with van der Waals surface area (Å²) in [6.45, 7) is 0. The average Bonchev–Trinajstić information content (AvgIpc) is 2.33. The Hall–Kier alpha value is -1.89. The van der Waals surface area contributed by atoms with Crippen LogP contribution in [0.25, 0.3) is 0 Å². The van der Waals surface area contributed by atoms with Crippen LogP contribution in [0.3, 0.4) is 0 Å². The number of hydrogen-bond acceptors (Lipinski definition) is 2. The number of hydrogen-bond donors (Lipinski definition) is 0. The normalized spacial score (nSPS) is 9.31. The van der Waals surface area contributed by atoms with Crippen LogP contribution >= 0.6 is 11.6 Å². The first-order chi connectivity index (χ1) is 7.86. The van der Waals surface area contributed by atoms with E-state index in [0.717, 1.165) is 5.69 Å². The maximum atomic E-state index is 5.93. The van der Waals surface area contributed by atoms with Gasteiger partial charge in [0.2, 0.25) is 0 Å². The highest BCUT2D eigenvalue weighted by atomic mass is 35.5. The molecule has 0 saturated heterocycles. The molecule has 0 radical (unpaired) electrons. The van der Waals surface area contributed by atoms with Crippen molar-refractivity contribution in [1.82, 2.24) is 0 Å². The van der Waals surface area contributed by atoms with Crippen molar-refractivity contribution in [3.8, 4) is 0 Å². The molecule has 78 valence electrons. The lowest BCUT2D eigenvalue weighted by atomic mass is 10.3. The number of nitrogens with zero attached hydrogens (tertiary/aromatic N) is 2. The van der Waals surface area contributed by atoms with Gasteiger partial charge in [0.15, 0.2) is 0 Å². The molecule has 0 unspecified atom stereocenters. The van der Waals surface area contributed by atoms with E-state index in [2.05, 4.69) is 16.0 Å². The topological polar surface area (TPSA) is 24.7 Å². The number of halogens is 1. The number of para-hydroxylation sites is 2. The maximum Gasteiger partial charge on any atom is 0.101 e. The van der Waals surface area contributed by atoms with E-state index >= 15 is 0 Å². The van der Waals surface area contributed by atoms with Gasteiger partial charge in [-0.25, -0.2) is 0 Å². The maximum absolute atomic E-state index is 5.93. The minimum absolute atomic E-state index is 0.596. The Morgan fingerprint density at radius 3 is 2.25 bits per heavy atom. The highest BCUT2D eigenvalue weighted by Crippen LogP contribution is 2.22. The second kappa shape index (κ2) is 5.26. The van der Waals surface area contributed by atoms with Gasteiger partial charge in [-0.1, -0.05) is 41.9 Å². The largest absolute Gasteiger partial charge is 0.188 e. The fourth-order valence-electron chi connectivity index (χ4n) is 1.18. The van der Waals surface area contributed by atoms with E-state index < -0.39 is 0 Å². The van der Waals surface area contributed by atoms with Crippen molar-refractivity contribution in [3.05, 3.63) is 59.6 Å². The fourth-order valence-corrected chi connectivity index (χ4v) is 1.36. The van der Waals surface area contributed by atoms with E-state index in [1.54, 1.807) is 6.07 Å². The summed E-state index contributed by atoms with van der Waals surface area (Å²) >= 11 is 5.93. The van der Waals surface area contributed by atoms with Gasteiger partial charge < -0.3 is 0 Å². The predicted octanol–water partition coefficient (Wildman–Crippen LogP) is 4.48. The Kier molecular flexibility index (Phi) is 3.50. The Bertz CT molecular complexity index is 529. The first kappa shape index (κ1) is 10.6. The summed E-state index contributed by atoms with van der Waals surface area (Å²) < 4.78 is 0. The van der Waals surface area contributed by atoms with E-state index in [0.29, 0.717) is 10.7 Å². The molecule has 0 aromatic heterocycles. The average molecular weight is 229 g/mol. The molecule has 0 aliphatic carbocycles. The SMILES string of the molecule is Clc1ccccc1N=C=Nc1ccccc1. The number of rotatable bonds is 2. The number of aliphatic imine (C=N–C) groups is 2.